The van der Waals surface area contributed by atoms with Gasteiger partial charge >= 0.3 is 5.69 Å². The van der Waals surface area contributed by atoms with Crippen molar-refractivity contribution in [3.8, 4) is 0 Å². The summed E-state index contributed by atoms with van der Waals surface area (Å²) in [5, 5.41) is 10.9. The smallest absolute Gasteiger partial charge is 0.306 e. The molecule has 1 aromatic rings. The summed E-state index contributed by atoms with van der Waals surface area (Å²) in [4.78, 5) is 10.2. The number of nitrogens with two attached hydrogens (primary N) is 1. The highest BCUT2D eigenvalue weighted by molar-refractivity contribution is 7.91. The van der Waals surface area contributed by atoms with Gasteiger partial charge in [-0.05, 0) is 19.8 Å². The Labute approximate surface area is 125 Å². The van der Waals surface area contributed by atoms with Gasteiger partial charge < -0.3 is 10.2 Å². The number of nitrogen functional groups attached to an aromatic ring is 1. The Bertz CT molecular complexity index is 636. The van der Waals surface area contributed by atoms with Gasteiger partial charge in [0, 0.05) is 24.8 Å². The number of sulfonamides is 1. The summed E-state index contributed by atoms with van der Waals surface area (Å²) in [6.07, 6.45) is 1.09. The van der Waals surface area contributed by atoms with Crippen LogP contribution in [0.5, 0.6) is 0 Å². The first-order valence-electron chi connectivity index (χ1n) is 6.14. The van der Waals surface area contributed by atoms with Crippen LogP contribution in [0.4, 0.5) is 10.7 Å². The number of thiophene rings is 1. The summed E-state index contributed by atoms with van der Waals surface area (Å²) in [7, 11) is -3.85. The molecular weight excluding hydrogens is 320 g/mol. The van der Waals surface area contributed by atoms with E-state index in [1.54, 1.807) is 6.92 Å². The molecule has 1 aromatic heterocycles. The largest absolute Gasteiger partial charge is 0.381 e. The van der Waals surface area contributed by atoms with Crippen LogP contribution in [0, 0.1) is 10.1 Å². The molecule has 0 atom stereocenters. The number of hydrogen-bond donors (Lipinski definition) is 3. The Morgan fingerprint density at radius 2 is 2.10 bits per heavy atom. The minimum atomic E-state index is -3.85. The summed E-state index contributed by atoms with van der Waals surface area (Å²) < 4.78 is 32.4. The Hall–Kier alpha value is -1.27. The first-order valence-corrected chi connectivity index (χ1v) is 8.44. The molecule has 9 nitrogen and oxygen atoms in total. The summed E-state index contributed by atoms with van der Waals surface area (Å²) in [6.45, 7) is 2.73. The quantitative estimate of drug-likeness (QED) is 0.410. The van der Waals surface area contributed by atoms with Gasteiger partial charge in [-0.25, -0.2) is 19.0 Å². The van der Waals surface area contributed by atoms with Crippen LogP contribution in [0.25, 0.3) is 0 Å². The second-order valence-electron chi connectivity index (χ2n) is 4.96. The monoisotopic (exact) mass is 336 g/mol. The lowest BCUT2D eigenvalue weighted by atomic mass is 9.94. The lowest BCUT2D eigenvalue weighted by molar-refractivity contribution is -0.383. The van der Waals surface area contributed by atoms with Crippen LogP contribution in [0.2, 0.25) is 0 Å². The fourth-order valence-corrected chi connectivity index (χ4v) is 4.73. The minimum absolute atomic E-state index is 0.00231. The van der Waals surface area contributed by atoms with Crippen LogP contribution in [0.1, 0.15) is 19.8 Å². The van der Waals surface area contributed by atoms with Crippen molar-refractivity contribution in [2.75, 3.05) is 18.6 Å². The van der Waals surface area contributed by atoms with Gasteiger partial charge in [0.15, 0.2) is 5.00 Å². The van der Waals surface area contributed by atoms with Crippen molar-refractivity contribution in [3.63, 3.8) is 0 Å². The van der Waals surface area contributed by atoms with E-state index in [0.717, 1.165) is 17.4 Å². The molecule has 0 radical (unpaired) electrons. The molecule has 0 amide bonds. The number of hydrazine groups is 1. The molecule has 118 valence electrons. The summed E-state index contributed by atoms with van der Waals surface area (Å²) >= 11 is 0.723. The van der Waals surface area contributed by atoms with Crippen LogP contribution in [-0.4, -0.2) is 32.1 Å². The molecule has 0 unspecified atom stereocenters. The molecule has 0 bridgehead atoms. The average Bonchev–Trinajstić information content (AvgIpc) is 2.83. The third-order valence-electron chi connectivity index (χ3n) is 3.26. The highest BCUT2D eigenvalue weighted by atomic mass is 32.2. The highest BCUT2D eigenvalue weighted by Gasteiger charge is 2.34. The molecule has 1 fully saturated rings. The van der Waals surface area contributed by atoms with E-state index in [2.05, 4.69) is 10.1 Å². The standard InChI is InChI=1S/C10H16N4O5S2/c1-10(2-4-19-5-3-10)13-21(17,18)8-6-7(14(15)16)9(12-11)20-8/h6,12-13H,2-5,11H2,1H3. The van der Waals surface area contributed by atoms with E-state index in [1.807, 2.05) is 0 Å². The molecule has 21 heavy (non-hydrogen) atoms. The Balaban J connectivity index is 2.29. The van der Waals surface area contributed by atoms with Crippen LogP contribution in [-0.2, 0) is 14.8 Å². The summed E-state index contributed by atoms with van der Waals surface area (Å²) in [6, 6.07) is 1.00. The molecule has 4 N–H and O–H groups in total. The first-order chi connectivity index (χ1) is 9.77. The zero-order valence-corrected chi connectivity index (χ0v) is 12.9. The highest BCUT2D eigenvalue weighted by Crippen LogP contribution is 2.37. The lowest BCUT2D eigenvalue weighted by Gasteiger charge is -2.33. The zero-order chi connectivity index (χ0) is 15.7. The third-order valence-corrected chi connectivity index (χ3v) is 6.43. The molecule has 1 saturated heterocycles. The van der Waals surface area contributed by atoms with Gasteiger partial charge in [0.25, 0.3) is 10.0 Å². The molecule has 1 aliphatic heterocycles. The molecule has 1 aliphatic rings. The third kappa shape index (κ3) is 3.49. The van der Waals surface area contributed by atoms with Crippen molar-refractivity contribution >= 4 is 32.0 Å². The average molecular weight is 336 g/mol. The van der Waals surface area contributed by atoms with Crippen molar-refractivity contribution in [1.29, 1.82) is 0 Å². The molecule has 0 spiro atoms. The Kier molecular flexibility index (Phi) is 4.49. The number of nitro groups is 1. The number of anilines is 1. The number of ether oxygens (including phenoxy) is 1. The van der Waals surface area contributed by atoms with E-state index in [1.165, 1.54) is 0 Å². The van der Waals surface area contributed by atoms with Gasteiger partial charge in [0.2, 0.25) is 0 Å². The molecule has 11 heteroatoms. The minimum Gasteiger partial charge on any atom is -0.381 e. The predicted octanol–water partition coefficient (Wildman–Crippen LogP) is 0.789. The maximum atomic E-state index is 12.4. The van der Waals surface area contributed by atoms with Crippen molar-refractivity contribution in [2.24, 2.45) is 5.84 Å². The topological polar surface area (TPSA) is 137 Å². The molecule has 2 heterocycles. The van der Waals surface area contributed by atoms with Gasteiger partial charge in [0.05, 0.1) is 4.92 Å². The second-order valence-corrected chi connectivity index (χ2v) is 7.92. The first kappa shape index (κ1) is 16.1. The van der Waals surface area contributed by atoms with E-state index < -0.39 is 20.5 Å². The van der Waals surface area contributed by atoms with E-state index in [0.29, 0.717) is 26.1 Å². The van der Waals surface area contributed by atoms with Crippen LogP contribution >= 0.6 is 11.3 Å². The SMILES string of the molecule is CC1(NS(=O)(=O)c2cc([N+](=O)[O-])c(NN)s2)CCOCC1. The maximum Gasteiger partial charge on any atom is 0.306 e. The van der Waals surface area contributed by atoms with Crippen molar-refractivity contribution in [1.82, 2.24) is 4.72 Å². The van der Waals surface area contributed by atoms with Crippen molar-refractivity contribution in [2.45, 2.75) is 29.5 Å². The Morgan fingerprint density at radius 3 is 2.57 bits per heavy atom. The van der Waals surface area contributed by atoms with E-state index >= 15 is 0 Å². The Morgan fingerprint density at radius 1 is 1.48 bits per heavy atom. The summed E-state index contributed by atoms with van der Waals surface area (Å²) in [5.74, 6) is 5.18. The van der Waals surface area contributed by atoms with Crippen molar-refractivity contribution < 1.29 is 18.1 Å². The molecule has 0 aliphatic carbocycles. The lowest BCUT2D eigenvalue weighted by Crippen LogP contribution is -2.49. The van der Waals surface area contributed by atoms with Gasteiger partial charge in [-0.2, -0.15) is 0 Å². The number of hydrogen-bond acceptors (Lipinski definition) is 8. The van der Waals surface area contributed by atoms with Crippen molar-refractivity contribution in [3.05, 3.63) is 16.2 Å². The second kappa shape index (κ2) is 5.85. The van der Waals surface area contributed by atoms with Crippen LogP contribution in [0.15, 0.2) is 10.3 Å². The van der Waals surface area contributed by atoms with Gasteiger partial charge in [-0.15, -0.1) is 0 Å². The number of nitrogens with one attached hydrogen (secondary N) is 2. The van der Waals surface area contributed by atoms with Gasteiger partial charge in [0.1, 0.15) is 4.21 Å². The van der Waals surface area contributed by atoms with Crippen LogP contribution < -0.4 is 16.0 Å². The maximum absolute atomic E-state index is 12.4. The van der Waals surface area contributed by atoms with E-state index in [9.17, 15) is 18.5 Å². The molecule has 2 rings (SSSR count). The van der Waals surface area contributed by atoms with Crippen LogP contribution in [0.3, 0.4) is 0 Å². The van der Waals surface area contributed by atoms with Gasteiger partial charge in [-0.3, -0.25) is 10.1 Å². The van der Waals surface area contributed by atoms with Gasteiger partial charge in [-0.1, -0.05) is 11.3 Å². The van der Waals surface area contributed by atoms with E-state index in [-0.39, 0.29) is 14.9 Å². The normalized spacial score (nSPS) is 18.4. The zero-order valence-electron chi connectivity index (χ0n) is 11.3. The van der Waals surface area contributed by atoms with E-state index in [4.69, 9.17) is 10.6 Å². The number of nitrogens with zero attached hydrogens (tertiary/aromatic N) is 1. The molecule has 0 aromatic carbocycles. The molecular formula is C10H16N4O5S2. The fourth-order valence-electron chi connectivity index (χ4n) is 2.03. The fraction of sp³-hybridized carbons (Fsp3) is 0.600. The number of rotatable bonds is 5. The summed E-state index contributed by atoms with van der Waals surface area (Å²) in [5.41, 5.74) is 1.17. The molecule has 0 saturated carbocycles. The predicted molar refractivity (Wildman–Crippen MR) is 77.6 cm³/mol.